The molecular weight excluding hydrogens is 525 g/mol. The van der Waals surface area contributed by atoms with Crippen LogP contribution in [0.15, 0.2) is 39.5 Å². The topological polar surface area (TPSA) is 80.0 Å². The molecular formula is C30H33Cl2NO5. The molecule has 2 aromatic carbocycles. The summed E-state index contributed by atoms with van der Waals surface area (Å²) in [4.78, 5) is 27.9. The number of amides is 1. The van der Waals surface area contributed by atoms with Crippen molar-refractivity contribution in [2.45, 2.75) is 71.0 Å². The van der Waals surface area contributed by atoms with Crippen molar-refractivity contribution in [2.75, 3.05) is 13.1 Å². The van der Waals surface area contributed by atoms with Crippen molar-refractivity contribution in [1.82, 2.24) is 4.90 Å². The van der Waals surface area contributed by atoms with Gasteiger partial charge in [0.2, 0.25) is 5.91 Å². The normalized spacial score (nSPS) is 21.4. The zero-order valence-corrected chi connectivity index (χ0v) is 23.3. The fourth-order valence-corrected chi connectivity index (χ4v) is 6.31. The summed E-state index contributed by atoms with van der Waals surface area (Å²) in [6, 6.07) is 9.10. The van der Waals surface area contributed by atoms with Crippen molar-refractivity contribution in [3.63, 3.8) is 0 Å². The monoisotopic (exact) mass is 557 g/mol. The summed E-state index contributed by atoms with van der Waals surface area (Å²) in [5.74, 6) is 0.790. The van der Waals surface area contributed by atoms with Gasteiger partial charge in [-0.1, -0.05) is 42.1 Å². The Labute approximate surface area is 232 Å². The highest BCUT2D eigenvalue weighted by molar-refractivity contribution is 6.42. The molecule has 1 amide bonds. The third-order valence-corrected chi connectivity index (χ3v) is 9.14. The predicted octanol–water partition coefficient (Wildman–Crippen LogP) is 6.38. The van der Waals surface area contributed by atoms with Crippen LogP contribution in [0.4, 0.5) is 0 Å². The number of fused-ring (bicyclic) bond motifs is 2. The standard InChI is InChI=1S/C30H33Cl2NO5/c1-18-22-7-10-26(37-17-20-6-9-24(31)25(32)15-20)19(2)28(22)38-29(35)23(18)8-11-27(34)33-14-13-30(36)12-4-3-5-21(30)16-33/h6-7,9-10,15,21,36H,3-5,8,11-14,16-17H2,1-2H3/t21-,30+/m1/s1. The molecule has 1 aliphatic heterocycles. The number of carbonyl (C=O) groups excluding carboxylic acids is 1. The molecule has 1 N–H and O–H groups in total. The van der Waals surface area contributed by atoms with Crippen molar-refractivity contribution in [3.8, 4) is 5.75 Å². The fourth-order valence-electron chi connectivity index (χ4n) is 5.99. The van der Waals surface area contributed by atoms with Crippen LogP contribution in [-0.2, 0) is 17.8 Å². The lowest BCUT2D eigenvalue weighted by Gasteiger charge is -2.47. The van der Waals surface area contributed by atoms with Crippen molar-refractivity contribution in [2.24, 2.45) is 5.92 Å². The summed E-state index contributed by atoms with van der Waals surface area (Å²) in [7, 11) is 0. The highest BCUT2D eigenvalue weighted by Crippen LogP contribution is 2.40. The van der Waals surface area contributed by atoms with Gasteiger partial charge in [0.25, 0.3) is 0 Å². The van der Waals surface area contributed by atoms with Gasteiger partial charge in [0.05, 0.1) is 15.6 Å². The smallest absolute Gasteiger partial charge is 0.339 e. The van der Waals surface area contributed by atoms with Crippen molar-refractivity contribution < 1.29 is 19.1 Å². The number of likely N-dealkylation sites (tertiary alicyclic amines) is 1. The average molecular weight is 559 g/mol. The Bertz CT molecular complexity index is 1430. The van der Waals surface area contributed by atoms with Gasteiger partial charge in [-0.15, -0.1) is 0 Å². The Balaban J connectivity index is 1.28. The molecule has 2 heterocycles. The Morgan fingerprint density at radius 2 is 1.95 bits per heavy atom. The molecule has 1 saturated carbocycles. The maximum Gasteiger partial charge on any atom is 0.339 e. The molecule has 2 fully saturated rings. The van der Waals surface area contributed by atoms with Crippen molar-refractivity contribution in [1.29, 1.82) is 0 Å². The summed E-state index contributed by atoms with van der Waals surface area (Å²) in [6.07, 6.45) is 5.16. The van der Waals surface area contributed by atoms with Crippen LogP contribution in [0.3, 0.4) is 0 Å². The summed E-state index contributed by atoms with van der Waals surface area (Å²) >= 11 is 12.1. The fraction of sp³-hybridized carbons (Fsp3) is 0.467. The number of ether oxygens (including phenoxy) is 1. The van der Waals surface area contributed by atoms with Gasteiger partial charge in [-0.2, -0.15) is 0 Å². The Hall–Kier alpha value is -2.54. The SMILES string of the molecule is Cc1c(CCC(=O)N2CC[C@@]3(O)CCCC[C@@H]3C2)c(=O)oc2c(C)c(OCc3ccc(Cl)c(Cl)c3)ccc12. The van der Waals surface area contributed by atoms with Gasteiger partial charge < -0.3 is 19.2 Å². The number of benzene rings is 2. The average Bonchev–Trinajstić information content (AvgIpc) is 2.89. The van der Waals surface area contributed by atoms with Crippen molar-refractivity contribution in [3.05, 3.63) is 73.1 Å². The zero-order chi connectivity index (χ0) is 27.0. The lowest BCUT2D eigenvalue weighted by atomic mass is 9.71. The Kier molecular flexibility index (Phi) is 7.77. The second kappa shape index (κ2) is 10.9. The quantitative estimate of drug-likeness (QED) is 0.355. The first kappa shape index (κ1) is 27.0. The van der Waals surface area contributed by atoms with Gasteiger partial charge in [0.15, 0.2) is 0 Å². The molecule has 2 aliphatic rings. The van der Waals surface area contributed by atoms with E-state index in [-0.39, 0.29) is 18.2 Å². The van der Waals surface area contributed by atoms with E-state index >= 15 is 0 Å². The molecule has 202 valence electrons. The van der Waals surface area contributed by atoms with Crippen LogP contribution in [0.25, 0.3) is 11.0 Å². The largest absolute Gasteiger partial charge is 0.488 e. The van der Waals surface area contributed by atoms with E-state index in [0.717, 1.165) is 47.8 Å². The van der Waals surface area contributed by atoms with E-state index in [0.29, 0.717) is 59.5 Å². The summed E-state index contributed by atoms with van der Waals surface area (Å²) in [5, 5.41) is 12.7. The van der Waals surface area contributed by atoms with Gasteiger partial charge in [0.1, 0.15) is 17.9 Å². The highest BCUT2D eigenvalue weighted by Gasteiger charge is 2.43. The van der Waals surface area contributed by atoms with E-state index < -0.39 is 11.2 Å². The van der Waals surface area contributed by atoms with Crippen LogP contribution in [0, 0.1) is 19.8 Å². The first-order chi connectivity index (χ1) is 18.2. The van der Waals surface area contributed by atoms with E-state index in [9.17, 15) is 14.7 Å². The molecule has 0 spiro atoms. The number of aryl methyl sites for hydroxylation is 2. The Morgan fingerprint density at radius 3 is 2.74 bits per heavy atom. The van der Waals surface area contributed by atoms with E-state index in [1.54, 1.807) is 12.1 Å². The number of aliphatic hydroxyl groups is 1. The molecule has 1 aromatic heterocycles. The molecule has 38 heavy (non-hydrogen) atoms. The van der Waals surface area contributed by atoms with Gasteiger partial charge >= 0.3 is 5.63 Å². The van der Waals surface area contributed by atoms with E-state index in [1.807, 2.05) is 36.9 Å². The van der Waals surface area contributed by atoms with Crippen LogP contribution in [0.1, 0.15) is 60.8 Å². The van der Waals surface area contributed by atoms with Gasteiger partial charge in [-0.3, -0.25) is 4.79 Å². The molecule has 5 rings (SSSR count). The minimum atomic E-state index is -0.618. The van der Waals surface area contributed by atoms with E-state index in [4.69, 9.17) is 32.4 Å². The van der Waals surface area contributed by atoms with E-state index in [1.165, 1.54) is 0 Å². The second-order valence-corrected chi connectivity index (χ2v) is 11.5. The lowest BCUT2D eigenvalue weighted by molar-refractivity contribution is -0.143. The van der Waals surface area contributed by atoms with Crippen LogP contribution in [0.5, 0.6) is 5.75 Å². The highest BCUT2D eigenvalue weighted by atomic mass is 35.5. The molecule has 1 saturated heterocycles. The Morgan fingerprint density at radius 1 is 1.13 bits per heavy atom. The number of rotatable bonds is 6. The molecule has 0 unspecified atom stereocenters. The van der Waals surface area contributed by atoms with E-state index in [2.05, 4.69) is 0 Å². The van der Waals surface area contributed by atoms with Gasteiger partial charge in [0, 0.05) is 41.9 Å². The van der Waals surface area contributed by atoms with Crippen LogP contribution < -0.4 is 10.4 Å². The molecule has 0 radical (unpaired) electrons. The van der Waals surface area contributed by atoms with Crippen LogP contribution >= 0.6 is 23.2 Å². The van der Waals surface area contributed by atoms with Crippen LogP contribution in [-0.4, -0.2) is 34.6 Å². The van der Waals surface area contributed by atoms with Gasteiger partial charge in [-0.05, 0) is 74.9 Å². The first-order valence-electron chi connectivity index (χ1n) is 13.3. The first-order valence-corrected chi connectivity index (χ1v) is 14.0. The third kappa shape index (κ3) is 5.31. The zero-order valence-electron chi connectivity index (χ0n) is 21.8. The minimum Gasteiger partial charge on any atom is -0.488 e. The minimum absolute atomic E-state index is 0.0266. The molecule has 0 bridgehead atoms. The number of nitrogens with zero attached hydrogens (tertiary/aromatic N) is 1. The van der Waals surface area contributed by atoms with Crippen molar-refractivity contribution >= 4 is 40.1 Å². The number of hydrogen-bond donors (Lipinski definition) is 1. The molecule has 6 nitrogen and oxygen atoms in total. The lowest BCUT2D eigenvalue weighted by Crippen LogP contribution is -2.54. The molecule has 2 atom stereocenters. The number of piperidine rings is 1. The molecule has 8 heteroatoms. The number of halogens is 2. The summed E-state index contributed by atoms with van der Waals surface area (Å²) in [6.45, 7) is 5.23. The molecule has 1 aliphatic carbocycles. The second-order valence-electron chi connectivity index (χ2n) is 10.7. The van der Waals surface area contributed by atoms with Gasteiger partial charge in [-0.25, -0.2) is 4.79 Å². The third-order valence-electron chi connectivity index (χ3n) is 8.40. The predicted molar refractivity (Wildman–Crippen MR) is 149 cm³/mol. The molecule has 3 aromatic rings. The number of carbonyl (C=O) groups is 1. The summed E-state index contributed by atoms with van der Waals surface area (Å²) in [5.41, 5.74) is 2.41. The van der Waals surface area contributed by atoms with Crippen LogP contribution in [0.2, 0.25) is 10.0 Å². The summed E-state index contributed by atoms with van der Waals surface area (Å²) < 4.78 is 11.8. The maximum atomic E-state index is 13.0. The maximum absolute atomic E-state index is 13.0. The number of hydrogen-bond acceptors (Lipinski definition) is 5.